The van der Waals surface area contributed by atoms with Crippen molar-refractivity contribution in [2.45, 2.75) is 18.9 Å². The number of carbonyl (C=O) groups excluding carboxylic acids is 1. The van der Waals surface area contributed by atoms with E-state index in [-0.39, 0.29) is 54.2 Å². The molecule has 4 rings (SSSR count). The summed E-state index contributed by atoms with van der Waals surface area (Å²) in [6.45, 7) is 0.856. The van der Waals surface area contributed by atoms with E-state index >= 15 is 0 Å². The predicted molar refractivity (Wildman–Crippen MR) is 140 cm³/mol. The van der Waals surface area contributed by atoms with Gasteiger partial charge in [-0.25, -0.2) is 13.8 Å². The number of nitrogens with zero attached hydrogens (tertiary/aromatic N) is 1. The number of imidazole rings is 1. The van der Waals surface area contributed by atoms with E-state index in [9.17, 15) is 13.6 Å². The Labute approximate surface area is 214 Å². The third-order valence-corrected chi connectivity index (χ3v) is 5.44. The van der Waals surface area contributed by atoms with Gasteiger partial charge in [0.05, 0.1) is 11.0 Å². The van der Waals surface area contributed by atoms with Gasteiger partial charge in [0.1, 0.15) is 11.6 Å². The molecule has 186 valence electrons. The lowest BCUT2D eigenvalue weighted by Crippen LogP contribution is -2.37. The van der Waals surface area contributed by atoms with E-state index in [1.807, 2.05) is 12.1 Å². The monoisotopic (exact) mass is 521 g/mol. The van der Waals surface area contributed by atoms with Crippen LogP contribution in [-0.4, -0.2) is 35.0 Å². The van der Waals surface area contributed by atoms with E-state index in [0.29, 0.717) is 30.5 Å². The molecule has 1 amide bonds. The zero-order valence-electron chi connectivity index (χ0n) is 18.8. The second-order valence-electron chi connectivity index (χ2n) is 7.92. The molecule has 0 aliphatic carbocycles. The molecule has 0 fully saturated rings. The van der Waals surface area contributed by atoms with E-state index in [2.05, 4.69) is 15.3 Å². The summed E-state index contributed by atoms with van der Waals surface area (Å²) in [6, 6.07) is 15.7. The number of fused-ring (bicyclic) bond motifs is 1. The molecule has 6 N–H and O–H groups in total. The van der Waals surface area contributed by atoms with Crippen molar-refractivity contribution in [1.82, 2.24) is 15.3 Å². The Kier molecular flexibility index (Phi) is 10.2. The first-order chi connectivity index (χ1) is 15.9. The molecule has 10 heteroatoms. The van der Waals surface area contributed by atoms with Crippen LogP contribution >= 0.6 is 24.8 Å². The van der Waals surface area contributed by atoms with Gasteiger partial charge in [-0.2, -0.15) is 0 Å². The van der Waals surface area contributed by atoms with E-state index in [1.54, 1.807) is 24.3 Å². The van der Waals surface area contributed by atoms with E-state index in [0.717, 1.165) is 28.7 Å². The molecule has 1 atom stereocenters. The highest BCUT2D eigenvalue weighted by Crippen LogP contribution is 2.33. The summed E-state index contributed by atoms with van der Waals surface area (Å²) in [5.74, 6) is -0.903. The Morgan fingerprint density at radius 3 is 2.14 bits per heavy atom. The van der Waals surface area contributed by atoms with Gasteiger partial charge in [-0.1, -0.05) is 24.3 Å². The fraction of sp³-hybridized carbons (Fsp3) is 0.200. The number of rotatable bonds is 8. The molecule has 0 bridgehead atoms. The number of halogens is 4. The van der Waals surface area contributed by atoms with E-state index < -0.39 is 0 Å². The molecule has 4 aromatic rings. The summed E-state index contributed by atoms with van der Waals surface area (Å²) >= 11 is 0. The average Bonchev–Trinajstić information content (AvgIpc) is 3.26. The summed E-state index contributed by atoms with van der Waals surface area (Å²) in [7, 11) is 0. The lowest BCUT2D eigenvalue weighted by atomic mass is 9.97. The first-order valence-corrected chi connectivity index (χ1v) is 10.7. The molecule has 3 aromatic carbocycles. The maximum Gasteiger partial charge on any atom is 0.287 e. The summed E-state index contributed by atoms with van der Waals surface area (Å²) in [6.07, 6.45) is 1.50. The first kappa shape index (κ1) is 28.2. The van der Waals surface area contributed by atoms with Crippen molar-refractivity contribution in [3.63, 3.8) is 0 Å². The van der Waals surface area contributed by atoms with Crippen LogP contribution in [0.3, 0.4) is 0 Å². The van der Waals surface area contributed by atoms with Gasteiger partial charge in [-0.15, -0.1) is 24.8 Å². The largest absolute Gasteiger partial charge is 0.348 e. The third-order valence-electron chi connectivity index (χ3n) is 5.44. The van der Waals surface area contributed by atoms with Crippen molar-refractivity contribution in [2.75, 3.05) is 13.1 Å². The van der Waals surface area contributed by atoms with Crippen LogP contribution < -0.4 is 16.8 Å². The van der Waals surface area contributed by atoms with Gasteiger partial charge in [0.25, 0.3) is 5.91 Å². The van der Waals surface area contributed by atoms with Gasteiger partial charge in [0.15, 0.2) is 5.82 Å². The number of hydrogen-bond donors (Lipinski definition) is 4. The smallest absolute Gasteiger partial charge is 0.287 e. The predicted octanol–water partition coefficient (Wildman–Crippen LogP) is 4.81. The fourth-order valence-electron chi connectivity index (χ4n) is 3.67. The van der Waals surface area contributed by atoms with Gasteiger partial charge in [-0.3, -0.25) is 4.79 Å². The molecule has 0 unspecified atom stereocenters. The highest BCUT2D eigenvalue weighted by Gasteiger charge is 2.17. The van der Waals surface area contributed by atoms with Gasteiger partial charge in [0, 0.05) is 18.2 Å². The molecule has 0 saturated carbocycles. The maximum atomic E-state index is 13.5. The number of hydrogen-bond acceptors (Lipinski definition) is 4. The Morgan fingerprint density at radius 1 is 0.943 bits per heavy atom. The molecule has 1 aromatic heterocycles. The molecule has 0 saturated heterocycles. The van der Waals surface area contributed by atoms with Gasteiger partial charge in [-0.05, 0) is 72.5 Å². The number of nitrogens with two attached hydrogens (primary N) is 2. The number of benzene rings is 3. The highest BCUT2D eigenvalue weighted by atomic mass is 35.5. The van der Waals surface area contributed by atoms with Gasteiger partial charge >= 0.3 is 0 Å². The van der Waals surface area contributed by atoms with Crippen LogP contribution in [0.4, 0.5) is 8.78 Å². The summed E-state index contributed by atoms with van der Waals surface area (Å²) in [5.41, 5.74) is 15.8. The Hall–Kier alpha value is -3.04. The van der Waals surface area contributed by atoms with Crippen molar-refractivity contribution in [2.24, 2.45) is 11.5 Å². The van der Waals surface area contributed by atoms with Crippen molar-refractivity contribution in [3.05, 3.63) is 78.1 Å². The Balaban J connectivity index is 0.00000216. The summed E-state index contributed by atoms with van der Waals surface area (Å²) in [4.78, 5) is 20.3. The number of H-pyrrole nitrogens is 1. The second-order valence-corrected chi connectivity index (χ2v) is 7.92. The van der Waals surface area contributed by atoms with Crippen molar-refractivity contribution >= 4 is 41.8 Å². The van der Waals surface area contributed by atoms with E-state index in [1.165, 1.54) is 24.3 Å². The molecule has 0 aliphatic rings. The minimum atomic E-state index is -0.372. The van der Waals surface area contributed by atoms with Crippen LogP contribution in [0.5, 0.6) is 0 Å². The van der Waals surface area contributed by atoms with Gasteiger partial charge in [0.2, 0.25) is 0 Å². The van der Waals surface area contributed by atoms with Crippen LogP contribution in [0, 0.1) is 11.6 Å². The minimum Gasteiger partial charge on any atom is -0.348 e. The number of carbonyl (C=O) groups is 1. The highest BCUT2D eigenvalue weighted by molar-refractivity contribution is 6.00. The Morgan fingerprint density at radius 2 is 1.54 bits per heavy atom. The quantitative estimate of drug-likeness (QED) is 0.266. The SMILES string of the molecule is Cl.Cl.NCCC[C@H](N)CNC(=O)c1nc2c(-c3ccc(F)cc3)cc(-c3ccc(F)cc3)cc2[nH]1. The summed E-state index contributed by atoms with van der Waals surface area (Å²) in [5, 5.41) is 2.80. The third kappa shape index (κ3) is 6.76. The molecule has 6 nitrogen and oxygen atoms in total. The topological polar surface area (TPSA) is 110 Å². The maximum absolute atomic E-state index is 13.5. The first-order valence-electron chi connectivity index (χ1n) is 10.7. The number of aromatic amines is 1. The Bertz CT molecular complexity index is 1260. The molecule has 35 heavy (non-hydrogen) atoms. The molecule has 1 heterocycles. The number of amides is 1. The standard InChI is InChI=1S/C25H25F2N5O.2ClH/c26-18-7-3-15(4-8-18)17-12-21(16-5-9-19(27)10-6-16)23-22(13-17)31-24(32-23)25(33)30-14-20(29)2-1-11-28;;/h3-10,12-13,20H,1-2,11,14,28-29H2,(H,30,33)(H,31,32);2*1H/t20-;;/m0../s1. The van der Waals surface area contributed by atoms with Crippen molar-refractivity contribution < 1.29 is 13.6 Å². The zero-order valence-corrected chi connectivity index (χ0v) is 20.4. The molecular formula is C25H27Cl2F2N5O. The lowest BCUT2D eigenvalue weighted by molar-refractivity contribution is 0.0941. The molecule has 0 aliphatic heterocycles. The van der Waals surface area contributed by atoms with Crippen LogP contribution in [-0.2, 0) is 0 Å². The summed E-state index contributed by atoms with van der Waals surface area (Å²) < 4.78 is 26.9. The lowest BCUT2D eigenvalue weighted by Gasteiger charge is -2.11. The normalized spacial score (nSPS) is 11.4. The fourth-order valence-corrected chi connectivity index (χ4v) is 3.67. The molecule has 0 spiro atoms. The zero-order chi connectivity index (χ0) is 23.4. The van der Waals surface area contributed by atoms with Crippen molar-refractivity contribution in [1.29, 1.82) is 0 Å². The second kappa shape index (κ2) is 12.6. The molecule has 0 radical (unpaired) electrons. The minimum absolute atomic E-state index is 0. The molecular weight excluding hydrogens is 495 g/mol. The van der Waals surface area contributed by atoms with Crippen LogP contribution in [0.25, 0.3) is 33.3 Å². The van der Waals surface area contributed by atoms with E-state index in [4.69, 9.17) is 11.5 Å². The van der Waals surface area contributed by atoms with Crippen LogP contribution in [0.1, 0.15) is 23.5 Å². The van der Waals surface area contributed by atoms with Crippen LogP contribution in [0.2, 0.25) is 0 Å². The van der Waals surface area contributed by atoms with Crippen molar-refractivity contribution in [3.8, 4) is 22.3 Å². The average molecular weight is 522 g/mol. The number of aromatic nitrogens is 2. The van der Waals surface area contributed by atoms with Crippen LogP contribution in [0.15, 0.2) is 60.7 Å². The number of nitrogens with one attached hydrogen (secondary N) is 2. The van der Waals surface area contributed by atoms with Gasteiger partial charge < -0.3 is 21.8 Å².